The van der Waals surface area contributed by atoms with Gasteiger partial charge in [0, 0.05) is 10.2 Å². The van der Waals surface area contributed by atoms with Crippen molar-refractivity contribution in [3.05, 3.63) is 21.9 Å². The van der Waals surface area contributed by atoms with Crippen molar-refractivity contribution in [3.8, 4) is 0 Å². The van der Waals surface area contributed by atoms with Gasteiger partial charge in [0.2, 0.25) is 0 Å². The van der Waals surface area contributed by atoms with Crippen LogP contribution in [0.5, 0.6) is 0 Å². The number of aryl methyl sites for hydroxylation is 2. The lowest BCUT2D eigenvalue weighted by atomic mass is 10.1. The van der Waals surface area contributed by atoms with Crippen LogP contribution in [0.1, 0.15) is 23.8 Å². The van der Waals surface area contributed by atoms with E-state index >= 15 is 0 Å². The molecule has 0 saturated heterocycles. The highest BCUT2D eigenvalue weighted by atomic mass is 79.9. The molecule has 0 atom stereocenters. The fourth-order valence-electron chi connectivity index (χ4n) is 1.13. The quantitative estimate of drug-likeness (QED) is 0.696. The van der Waals surface area contributed by atoms with E-state index in [-0.39, 0.29) is 0 Å². The minimum absolute atomic E-state index is 1.12. The molecule has 0 nitrogen and oxygen atoms in total. The molecule has 1 rings (SSSR count). The minimum atomic E-state index is 1.12. The predicted molar refractivity (Wildman–Crippen MR) is 55.8 cm³/mol. The molecule has 2 heteroatoms. The van der Waals surface area contributed by atoms with E-state index in [0.29, 0.717) is 0 Å². The second-order valence-electron chi connectivity index (χ2n) is 2.52. The highest BCUT2D eigenvalue weighted by molar-refractivity contribution is 9.09. The Bertz CT molecular complexity index is 205. The van der Waals surface area contributed by atoms with Crippen molar-refractivity contribution in [2.75, 3.05) is 5.33 Å². The first kappa shape index (κ1) is 9.27. The number of alkyl halides is 1. The first-order chi connectivity index (χ1) is 5.38. The predicted octanol–water partition coefficient (Wildman–Crippen LogP) is 3.64. The van der Waals surface area contributed by atoms with E-state index in [0.717, 1.165) is 5.33 Å². The maximum Gasteiger partial charge on any atom is 0.00774 e. The molecule has 1 aromatic rings. The van der Waals surface area contributed by atoms with E-state index in [9.17, 15) is 0 Å². The van der Waals surface area contributed by atoms with Crippen LogP contribution in [0, 0.1) is 0 Å². The Hall–Kier alpha value is 0.180. The van der Waals surface area contributed by atoms with Gasteiger partial charge >= 0.3 is 0 Å². The molecule has 0 aliphatic heterocycles. The van der Waals surface area contributed by atoms with Gasteiger partial charge in [-0.15, -0.1) is 11.3 Å². The molecule has 0 aliphatic rings. The number of rotatable bonds is 4. The van der Waals surface area contributed by atoms with E-state index in [1.165, 1.54) is 24.8 Å². The van der Waals surface area contributed by atoms with Crippen molar-refractivity contribution in [2.45, 2.75) is 26.2 Å². The van der Waals surface area contributed by atoms with Gasteiger partial charge in [-0.3, -0.25) is 0 Å². The van der Waals surface area contributed by atoms with Crippen molar-refractivity contribution < 1.29 is 0 Å². The lowest BCUT2D eigenvalue weighted by Gasteiger charge is -1.97. The van der Waals surface area contributed by atoms with Crippen molar-refractivity contribution >= 4 is 27.3 Å². The van der Waals surface area contributed by atoms with Crippen molar-refractivity contribution in [1.29, 1.82) is 0 Å². The van der Waals surface area contributed by atoms with Gasteiger partial charge in [0.05, 0.1) is 0 Å². The molecule has 1 aromatic heterocycles. The Morgan fingerprint density at radius 2 is 2.36 bits per heavy atom. The lowest BCUT2D eigenvalue weighted by molar-refractivity contribution is 0.937. The third kappa shape index (κ3) is 2.60. The smallest absolute Gasteiger partial charge is 0.00774 e. The van der Waals surface area contributed by atoms with Gasteiger partial charge in [-0.05, 0) is 36.3 Å². The van der Waals surface area contributed by atoms with Gasteiger partial charge in [0.15, 0.2) is 0 Å². The van der Waals surface area contributed by atoms with Crippen LogP contribution in [0.15, 0.2) is 11.4 Å². The molecule has 62 valence electrons. The van der Waals surface area contributed by atoms with Crippen molar-refractivity contribution in [3.63, 3.8) is 0 Å². The summed E-state index contributed by atoms with van der Waals surface area (Å²) in [5.41, 5.74) is 1.54. The summed E-state index contributed by atoms with van der Waals surface area (Å²) in [5, 5.41) is 3.32. The van der Waals surface area contributed by atoms with E-state index in [1.807, 2.05) is 11.3 Å². The highest BCUT2D eigenvalue weighted by Crippen LogP contribution is 2.19. The molecule has 0 aliphatic carbocycles. The third-order valence-electron chi connectivity index (χ3n) is 1.76. The Balaban J connectivity index is 2.54. The zero-order valence-electron chi connectivity index (χ0n) is 6.77. The SMILES string of the molecule is CCc1ccsc1CCCBr. The zero-order valence-corrected chi connectivity index (χ0v) is 9.17. The molecule has 0 amide bonds. The van der Waals surface area contributed by atoms with Crippen molar-refractivity contribution in [1.82, 2.24) is 0 Å². The van der Waals surface area contributed by atoms with Crippen LogP contribution in [0.4, 0.5) is 0 Å². The van der Waals surface area contributed by atoms with Gasteiger partial charge in [-0.25, -0.2) is 0 Å². The third-order valence-corrected chi connectivity index (χ3v) is 3.34. The van der Waals surface area contributed by atoms with E-state index < -0.39 is 0 Å². The second kappa shape index (κ2) is 4.94. The topological polar surface area (TPSA) is 0 Å². The molecule has 0 spiro atoms. The van der Waals surface area contributed by atoms with Crippen LogP contribution in [-0.2, 0) is 12.8 Å². The Labute approximate surface area is 80.8 Å². The second-order valence-corrected chi connectivity index (χ2v) is 4.31. The maximum atomic E-state index is 3.45. The Morgan fingerprint density at radius 1 is 1.55 bits per heavy atom. The van der Waals surface area contributed by atoms with Crippen LogP contribution in [0.25, 0.3) is 0 Å². The summed E-state index contributed by atoms with van der Waals surface area (Å²) in [7, 11) is 0. The molecule has 11 heavy (non-hydrogen) atoms. The molecular weight excluding hydrogens is 220 g/mol. The van der Waals surface area contributed by atoms with Gasteiger partial charge in [0.1, 0.15) is 0 Å². The number of hydrogen-bond donors (Lipinski definition) is 0. The van der Waals surface area contributed by atoms with Crippen LogP contribution in [-0.4, -0.2) is 5.33 Å². The molecule has 0 bridgehead atoms. The summed E-state index contributed by atoms with van der Waals surface area (Å²) in [6.45, 7) is 2.22. The maximum absolute atomic E-state index is 3.45. The molecular formula is C9H13BrS. The van der Waals surface area contributed by atoms with E-state index in [4.69, 9.17) is 0 Å². The largest absolute Gasteiger partial charge is 0.149 e. The molecule has 1 heterocycles. The lowest BCUT2D eigenvalue weighted by Crippen LogP contribution is -1.86. The van der Waals surface area contributed by atoms with Crippen LogP contribution < -0.4 is 0 Å². The standard InChI is InChI=1S/C9H13BrS/c1-2-8-5-7-11-9(8)4-3-6-10/h5,7H,2-4,6H2,1H3. The van der Waals surface area contributed by atoms with Gasteiger partial charge in [-0.2, -0.15) is 0 Å². The molecule has 0 saturated carbocycles. The first-order valence-corrected chi connectivity index (χ1v) is 5.99. The number of halogens is 1. The monoisotopic (exact) mass is 232 g/mol. The van der Waals surface area contributed by atoms with Crippen LogP contribution in [0.3, 0.4) is 0 Å². The average molecular weight is 233 g/mol. The summed E-state index contributed by atoms with van der Waals surface area (Å²) in [6.07, 6.45) is 3.68. The fraction of sp³-hybridized carbons (Fsp3) is 0.556. The summed E-state index contributed by atoms with van der Waals surface area (Å²) in [5.74, 6) is 0. The van der Waals surface area contributed by atoms with Gasteiger partial charge in [-0.1, -0.05) is 22.9 Å². The first-order valence-electron chi connectivity index (χ1n) is 3.99. The molecule has 0 aromatic carbocycles. The summed E-state index contributed by atoms with van der Waals surface area (Å²) in [4.78, 5) is 1.58. The normalized spacial score (nSPS) is 10.4. The van der Waals surface area contributed by atoms with Gasteiger partial charge < -0.3 is 0 Å². The fourth-order valence-corrected chi connectivity index (χ4v) is 2.43. The van der Waals surface area contributed by atoms with Crippen molar-refractivity contribution in [2.24, 2.45) is 0 Å². The highest BCUT2D eigenvalue weighted by Gasteiger charge is 2.00. The van der Waals surface area contributed by atoms with Crippen LogP contribution in [0.2, 0.25) is 0 Å². The molecule has 0 radical (unpaired) electrons. The molecule has 0 N–H and O–H groups in total. The average Bonchev–Trinajstić information content (AvgIpc) is 2.47. The minimum Gasteiger partial charge on any atom is -0.149 e. The summed E-state index contributed by atoms with van der Waals surface area (Å²) >= 11 is 5.34. The Morgan fingerprint density at radius 3 is 3.00 bits per heavy atom. The Kier molecular flexibility index (Phi) is 4.16. The summed E-state index contributed by atoms with van der Waals surface area (Å²) in [6, 6.07) is 2.24. The molecule has 0 unspecified atom stereocenters. The summed E-state index contributed by atoms with van der Waals surface area (Å²) < 4.78 is 0. The van der Waals surface area contributed by atoms with E-state index in [2.05, 4.69) is 34.3 Å². The van der Waals surface area contributed by atoms with E-state index in [1.54, 1.807) is 4.88 Å². The number of hydrogen-bond acceptors (Lipinski definition) is 1. The van der Waals surface area contributed by atoms with Gasteiger partial charge in [0.25, 0.3) is 0 Å². The zero-order chi connectivity index (χ0) is 8.10. The van der Waals surface area contributed by atoms with Crippen LogP contribution >= 0.6 is 27.3 Å². The number of thiophene rings is 1. The molecule has 0 fully saturated rings.